The first-order valence-corrected chi connectivity index (χ1v) is 5.01. The fourth-order valence-corrected chi connectivity index (χ4v) is 1.44. The number of nitrogens with one attached hydrogen (secondary N) is 1. The van der Waals surface area contributed by atoms with E-state index in [1.807, 2.05) is 12.4 Å². The third kappa shape index (κ3) is 2.93. The Morgan fingerprint density at radius 1 is 1.25 bits per heavy atom. The monoisotopic (exact) mass is 228 g/mol. The van der Waals surface area contributed by atoms with Crippen molar-refractivity contribution in [2.45, 2.75) is 0 Å². The predicted octanol–water partition coefficient (Wildman–Crippen LogP) is -0.848. The Balaban J connectivity index is 2.50. The van der Waals surface area contributed by atoms with Crippen molar-refractivity contribution in [3.05, 3.63) is 0 Å². The predicted molar refractivity (Wildman–Crippen MR) is 56.8 cm³/mol. The second-order valence-electron chi connectivity index (χ2n) is 3.70. The van der Waals surface area contributed by atoms with Gasteiger partial charge in [0.2, 0.25) is 6.41 Å². The highest BCUT2D eigenvalue weighted by Crippen LogP contribution is 2.03. The summed E-state index contributed by atoms with van der Waals surface area (Å²) in [7, 11) is 3.32. The van der Waals surface area contributed by atoms with Gasteiger partial charge in [-0.1, -0.05) is 0 Å². The third-order valence-electron chi connectivity index (χ3n) is 2.55. The average molecular weight is 228 g/mol. The van der Waals surface area contributed by atoms with Crippen LogP contribution in [0.2, 0.25) is 0 Å². The Labute approximate surface area is 94.0 Å². The molecule has 7 heteroatoms. The molecule has 16 heavy (non-hydrogen) atoms. The number of hydrogen-bond acceptors (Lipinski definition) is 4. The van der Waals surface area contributed by atoms with Crippen molar-refractivity contribution in [2.24, 2.45) is 0 Å². The molecular formula is C9H16N4O3. The molecule has 0 spiro atoms. The summed E-state index contributed by atoms with van der Waals surface area (Å²) in [4.78, 5) is 37.7. The first-order valence-electron chi connectivity index (χ1n) is 5.01. The molecule has 0 aromatic rings. The maximum Gasteiger partial charge on any atom is 0.331 e. The van der Waals surface area contributed by atoms with E-state index in [0.717, 1.165) is 18.0 Å². The maximum atomic E-state index is 11.8. The SMILES string of the molecule is CN1CCN(C(=O)N(C)C(=O)NC=O)CC1. The van der Waals surface area contributed by atoms with Crippen molar-refractivity contribution in [1.29, 1.82) is 0 Å². The van der Waals surface area contributed by atoms with Crippen LogP contribution in [0, 0.1) is 0 Å². The van der Waals surface area contributed by atoms with Crippen molar-refractivity contribution in [1.82, 2.24) is 20.0 Å². The zero-order chi connectivity index (χ0) is 12.1. The molecule has 0 aromatic carbocycles. The summed E-state index contributed by atoms with van der Waals surface area (Å²) in [5.41, 5.74) is 0. The zero-order valence-corrected chi connectivity index (χ0v) is 9.47. The van der Waals surface area contributed by atoms with E-state index in [1.54, 1.807) is 4.90 Å². The molecule has 7 nitrogen and oxygen atoms in total. The van der Waals surface area contributed by atoms with Gasteiger partial charge in [0.05, 0.1) is 0 Å². The fraction of sp³-hybridized carbons (Fsp3) is 0.667. The van der Waals surface area contributed by atoms with Gasteiger partial charge in [0, 0.05) is 33.2 Å². The van der Waals surface area contributed by atoms with Crippen LogP contribution in [0.25, 0.3) is 0 Å². The zero-order valence-electron chi connectivity index (χ0n) is 9.47. The summed E-state index contributed by atoms with van der Waals surface area (Å²) >= 11 is 0. The van der Waals surface area contributed by atoms with Gasteiger partial charge in [-0.05, 0) is 7.05 Å². The number of amides is 5. The van der Waals surface area contributed by atoms with Gasteiger partial charge in [0.1, 0.15) is 0 Å². The van der Waals surface area contributed by atoms with Crippen molar-refractivity contribution in [3.63, 3.8) is 0 Å². The van der Waals surface area contributed by atoms with E-state index >= 15 is 0 Å². The Bertz CT molecular complexity index is 286. The molecule has 5 amide bonds. The molecule has 1 fully saturated rings. The van der Waals surface area contributed by atoms with Crippen molar-refractivity contribution >= 4 is 18.5 Å². The lowest BCUT2D eigenvalue weighted by Gasteiger charge is -2.34. The van der Waals surface area contributed by atoms with E-state index in [0.29, 0.717) is 13.1 Å². The lowest BCUT2D eigenvalue weighted by Crippen LogP contribution is -2.53. The second-order valence-corrected chi connectivity index (χ2v) is 3.70. The van der Waals surface area contributed by atoms with Crippen molar-refractivity contribution in [2.75, 3.05) is 40.3 Å². The highest BCUT2D eigenvalue weighted by atomic mass is 16.2. The molecule has 1 heterocycles. The number of rotatable bonds is 1. The number of carbonyl (C=O) groups excluding carboxylic acids is 3. The summed E-state index contributed by atoms with van der Waals surface area (Å²) in [6.45, 7) is 2.76. The molecule has 0 unspecified atom stereocenters. The molecule has 1 aliphatic heterocycles. The minimum atomic E-state index is -0.709. The summed E-state index contributed by atoms with van der Waals surface area (Å²) in [6, 6.07) is -1.09. The molecule has 0 aliphatic carbocycles. The van der Waals surface area contributed by atoms with Gasteiger partial charge in [-0.2, -0.15) is 0 Å². The van der Waals surface area contributed by atoms with E-state index in [-0.39, 0.29) is 12.4 Å². The van der Waals surface area contributed by atoms with Crippen LogP contribution < -0.4 is 5.32 Å². The molecule has 1 saturated heterocycles. The minimum Gasteiger partial charge on any atom is -0.322 e. The standard InChI is InChI=1S/C9H16N4O3/c1-11-3-5-13(6-4-11)9(16)12(2)8(15)10-7-14/h7H,3-6H2,1-2H3,(H,10,14,15). The van der Waals surface area contributed by atoms with Crippen molar-refractivity contribution in [3.8, 4) is 0 Å². The van der Waals surface area contributed by atoms with Crippen LogP contribution >= 0.6 is 0 Å². The van der Waals surface area contributed by atoms with Gasteiger partial charge in [-0.3, -0.25) is 10.1 Å². The summed E-state index contributed by atoms with van der Waals surface area (Å²) in [5, 5.41) is 1.92. The number of likely N-dealkylation sites (N-methyl/N-ethyl adjacent to an activating group) is 1. The number of piperazine rings is 1. The van der Waals surface area contributed by atoms with Gasteiger partial charge in [0.15, 0.2) is 0 Å². The fourth-order valence-electron chi connectivity index (χ4n) is 1.44. The molecular weight excluding hydrogens is 212 g/mol. The van der Waals surface area contributed by atoms with E-state index in [4.69, 9.17) is 0 Å². The third-order valence-corrected chi connectivity index (χ3v) is 2.55. The number of urea groups is 2. The minimum absolute atomic E-state index is 0.260. The van der Waals surface area contributed by atoms with Gasteiger partial charge in [-0.15, -0.1) is 0 Å². The van der Waals surface area contributed by atoms with Gasteiger partial charge < -0.3 is 9.80 Å². The first-order chi connectivity index (χ1) is 7.56. The van der Waals surface area contributed by atoms with Crippen molar-refractivity contribution < 1.29 is 14.4 Å². The second kappa shape index (κ2) is 5.45. The molecule has 0 saturated carbocycles. The smallest absolute Gasteiger partial charge is 0.322 e. The van der Waals surface area contributed by atoms with Crippen LogP contribution in [0.1, 0.15) is 0 Å². The van der Waals surface area contributed by atoms with Crippen LogP contribution in [0.5, 0.6) is 0 Å². The van der Waals surface area contributed by atoms with Crippen LogP contribution in [-0.2, 0) is 4.79 Å². The number of imide groups is 2. The Morgan fingerprint density at radius 2 is 1.81 bits per heavy atom. The molecule has 90 valence electrons. The van der Waals surface area contributed by atoms with Crippen LogP contribution in [-0.4, -0.2) is 73.4 Å². The quantitative estimate of drug-likeness (QED) is 0.593. The normalized spacial score (nSPS) is 16.8. The Hall–Kier alpha value is -1.63. The molecule has 0 atom stereocenters. The van der Waals surface area contributed by atoms with Gasteiger partial charge in [-0.25, -0.2) is 14.5 Å². The lowest BCUT2D eigenvalue weighted by atomic mass is 10.3. The summed E-state index contributed by atoms with van der Waals surface area (Å²) < 4.78 is 0. The average Bonchev–Trinajstić information content (AvgIpc) is 2.28. The highest BCUT2D eigenvalue weighted by Gasteiger charge is 2.25. The lowest BCUT2D eigenvalue weighted by molar-refractivity contribution is -0.108. The highest BCUT2D eigenvalue weighted by molar-refractivity contribution is 5.97. The van der Waals surface area contributed by atoms with E-state index < -0.39 is 6.03 Å². The summed E-state index contributed by atoms with van der Waals surface area (Å²) in [5.74, 6) is 0. The van der Waals surface area contributed by atoms with E-state index in [2.05, 4.69) is 4.90 Å². The summed E-state index contributed by atoms with van der Waals surface area (Å²) in [6.07, 6.45) is 0.260. The van der Waals surface area contributed by atoms with Gasteiger partial charge >= 0.3 is 12.1 Å². The van der Waals surface area contributed by atoms with Crippen LogP contribution in [0.15, 0.2) is 0 Å². The van der Waals surface area contributed by atoms with Gasteiger partial charge in [0.25, 0.3) is 0 Å². The number of hydrogen-bond donors (Lipinski definition) is 1. The molecule has 0 bridgehead atoms. The Morgan fingerprint density at radius 3 is 2.31 bits per heavy atom. The molecule has 1 aliphatic rings. The maximum absolute atomic E-state index is 11.8. The molecule has 1 rings (SSSR count). The van der Waals surface area contributed by atoms with E-state index in [9.17, 15) is 14.4 Å². The topological polar surface area (TPSA) is 73.0 Å². The van der Waals surface area contributed by atoms with Crippen LogP contribution in [0.3, 0.4) is 0 Å². The number of nitrogens with zero attached hydrogens (tertiary/aromatic N) is 3. The number of carbonyl (C=O) groups is 3. The van der Waals surface area contributed by atoms with Crippen LogP contribution in [0.4, 0.5) is 9.59 Å². The molecule has 1 N–H and O–H groups in total. The largest absolute Gasteiger partial charge is 0.331 e. The Kier molecular flexibility index (Phi) is 4.24. The van der Waals surface area contributed by atoms with E-state index in [1.165, 1.54) is 7.05 Å². The molecule has 0 radical (unpaired) electrons. The first kappa shape index (κ1) is 12.4. The molecule has 0 aromatic heterocycles.